The summed E-state index contributed by atoms with van der Waals surface area (Å²) in [5.41, 5.74) is 3.59. The second-order valence-electron chi connectivity index (χ2n) is 6.12. The Morgan fingerprint density at radius 1 is 1.19 bits per heavy atom. The van der Waals surface area contributed by atoms with Crippen molar-refractivity contribution in [3.63, 3.8) is 0 Å². The molecule has 0 aliphatic carbocycles. The molecule has 21 heavy (non-hydrogen) atoms. The SMILES string of the molecule is CC(C)c1ccc2c(c1)/C(=N/N1CCN(C)CC1)C(=O)N2. The Morgan fingerprint density at radius 3 is 2.57 bits per heavy atom. The number of hydrogen-bond donors (Lipinski definition) is 1. The first kappa shape index (κ1) is 14.1. The zero-order chi connectivity index (χ0) is 15.0. The van der Waals surface area contributed by atoms with Crippen LogP contribution >= 0.6 is 0 Å². The van der Waals surface area contributed by atoms with Crippen LogP contribution in [0.25, 0.3) is 0 Å². The zero-order valence-electron chi connectivity index (χ0n) is 12.9. The number of rotatable bonds is 2. The van der Waals surface area contributed by atoms with Crippen LogP contribution in [-0.4, -0.2) is 54.8 Å². The van der Waals surface area contributed by atoms with E-state index in [9.17, 15) is 4.79 Å². The summed E-state index contributed by atoms with van der Waals surface area (Å²) in [6, 6.07) is 6.14. The number of nitrogens with one attached hydrogen (secondary N) is 1. The number of hydrogen-bond acceptors (Lipinski definition) is 4. The van der Waals surface area contributed by atoms with Gasteiger partial charge in [0.2, 0.25) is 0 Å². The molecule has 2 aliphatic rings. The third-order valence-corrected chi connectivity index (χ3v) is 4.15. The lowest BCUT2D eigenvalue weighted by Crippen LogP contribution is -2.42. The normalized spacial score (nSPS) is 21.0. The summed E-state index contributed by atoms with van der Waals surface area (Å²) in [5.74, 6) is 0.348. The van der Waals surface area contributed by atoms with E-state index in [1.165, 1.54) is 5.56 Å². The number of fused-ring (bicyclic) bond motifs is 1. The van der Waals surface area contributed by atoms with Crippen molar-refractivity contribution in [2.45, 2.75) is 19.8 Å². The maximum atomic E-state index is 12.2. The van der Waals surface area contributed by atoms with E-state index in [4.69, 9.17) is 0 Å². The summed E-state index contributed by atoms with van der Waals surface area (Å²) in [7, 11) is 2.11. The minimum Gasteiger partial charge on any atom is -0.320 e. The molecule has 1 aromatic rings. The van der Waals surface area contributed by atoms with Crippen LogP contribution in [0.5, 0.6) is 0 Å². The number of carbonyl (C=O) groups is 1. The highest BCUT2D eigenvalue weighted by Gasteiger charge is 2.28. The maximum absolute atomic E-state index is 12.2. The van der Waals surface area contributed by atoms with Gasteiger partial charge < -0.3 is 10.2 Å². The smallest absolute Gasteiger partial charge is 0.276 e. The molecule has 1 amide bonds. The second kappa shape index (κ2) is 5.48. The highest BCUT2D eigenvalue weighted by Crippen LogP contribution is 2.27. The molecule has 2 aliphatic heterocycles. The van der Waals surface area contributed by atoms with Crippen molar-refractivity contribution in [2.24, 2.45) is 5.10 Å². The molecule has 0 unspecified atom stereocenters. The Hall–Kier alpha value is -1.88. The summed E-state index contributed by atoms with van der Waals surface area (Å²) < 4.78 is 0. The molecule has 0 radical (unpaired) electrons. The number of benzene rings is 1. The Morgan fingerprint density at radius 2 is 1.90 bits per heavy atom. The predicted octanol–water partition coefficient (Wildman–Crippen LogP) is 1.71. The van der Waals surface area contributed by atoms with Crippen LogP contribution in [0.2, 0.25) is 0 Å². The highest BCUT2D eigenvalue weighted by molar-refractivity contribution is 6.53. The van der Waals surface area contributed by atoms with Gasteiger partial charge in [0.1, 0.15) is 0 Å². The van der Waals surface area contributed by atoms with Gasteiger partial charge in [-0.25, -0.2) is 0 Å². The van der Waals surface area contributed by atoms with Gasteiger partial charge >= 0.3 is 0 Å². The Balaban J connectivity index is 1.90. The van der Waals surface area contributed by atoms with E-state index in [0.717, 1.165) is 37.4 Å². The largest absolute Gasteiger partial charge is 0.320 e. The zero-order valence-corrected chi connectivity index (χ0v) is 12.9. The molecule has 5 heteroatoms. The van der Waals surface area contributed by atoms with E-state index >= 15 is 0 Å². The monoisotopic (exact) mass is 286 g/mol. The molecule has 1 fully saturated rings. The molecule has 2 heterocycles. The van der Waals surface area contributed by atoms with Gasteiger partial charge in [0.05, 0.1) is 5.69 Å². The molecule has 0 atom stereocenters. The van der Waals surface area contributed by atoms with Gasteiger partial charge in [-0.15, -0.1) is 0 Å². The second-order valence-corrected chi connectivity index (χ2v) is 6.12. The van der Waals surface area contributed by atoms with Crippen molar-refractivity contribution >= 4 is 17.3 Å². The lowest BCUT2D eigenvalue weighted by molar-refractivity contribution is -0.110. The molecule has 0 saturated carbocycles. The molecule has 0 spiro atoms. The van der Waals surface area contributed by atoms with E-state index in [0.29, 0.717) is 11.6 Å². The number of likely N-dealkylation sites (N-methyl/N-ethyl adjacent to an activating group) is 1. The van der Waals surface area contributed by atoms with Crippen molar-refractivity contribution in [3.05, 3.63) is 29.3 Å². The summed E-state index contributed by atoms with van der Waals surface area (Å²) in [6.45, 7) is 8.01. The molecule has 5 nitrogen and oxygen atoms in total. The lowest BCUT2D eigenvalue weighted by Gasteiger charge is -2.30. The number of carbonyl (C=O) groups excluding carboxylic acids is 1. The molecule has 0 bridgehead atoms. The van der Waals surface area contributed by atoms with Crippen LogP contribution in [0.3, 0.4) is 0 Å². The van der Waals surface area contributed by atoms with Gasteiger partial charge in [-0.05, 0) is 30.7 Å². The Kier molecular flexibility index (Phi) is 3.68. The molecule has 1 aromatic carbocycles. The summed E-state index contributed by atoms with van der Waals surface area (Å²) >= 11 is 0. The van der Waals surface area contributed by atoms with Gasteiger partial charge in [-0.3, -0.25) is 9.80 Å². The van der Waals surface area contributed by atoms with Crippen LogP contribution in [0, 0.1) is 0 Å². The van der Waals surface area contributed by atoms with Gasteiger partial charge in [-0.2, -0.15) is 5.10 Å². The molecule has 1 saturated heterocycles. The van der Waals surface area contributed by atoms with Gasteiger partial charge in [0.15, 0.2) is 5.71 Å². The van der Waals surface area contributed by atoms with Crippen molar-refractivity contribution < 1.29 is 4.79 Å². The Labute approximate surface area is 125 Å². The van der Waals surface area contributed by atoms with E-state index in [-0.39, 0.29) is 5.91 Å². The molecule has 3 rings (SSSR count). The number of amides is 1. The van der Waals surface area contributed by atoms with E-state index in [1.54, 1.807) is 0 Å². The van der Waals surface area contributed by atoms with Crippen molar-refractivity contribution in [1.29, 1.82) is 0 Å². The molecule has 112 valence electrons. The lowest BCUT2D eigenvalue weighted by atomic mass is 9.99. The van der Waals surface area contributed by atoms with Gasteiger partial charge in [0.25, 0.3) is 5.91 Å². The first-order valence-corrected chi connectivity index (χ1v) is 7.52. The Bertz CT molecular complexity index is 586. The fourth-order valence-corrected chi connectivity index (χ4v) is 2.67. The van der Waals surface area contributed by atoms with E-state index < -0.39 is 0 Å². The van der Waals surface area contributed by atoms with Crippen LogP contribution in [0.4, 0.5) is 5.69 Å². The average molecular weight is 286 g/mol. The third-order valence-electron chi connectivity index (χ3n) is 4.15. The number of hydrazone groups is 1. The van der Waals surface area contributed by atoms with Crippen LogP contribution in [0.1, 0.15) is 30.9 Å². The fraction of sp³-hybridized carbons (Fsp3) is 0.500. The summed E-state index contributed by atoms with van der Waals surface area (Å²) in [5, 5.41) is 9.51. The third kappa shape index (κ3) is 2.78. The highest BCUT2D eigenvalue weighted by atomic mass is 16.2. The molecule has 1 N–H and O–H groups in total. The van der Waals surface area contributed by atoms with Crippen molar-refractivity contribution in [1.82, 2.24) is 9.91 Å². The summed E-state index contributed by atoms with van der Waals surface area (Å²) in [4.78, 5) is 14.4. The average Bonchev–Trinajstić information content (AvgIpc) is 2.77. The maximum Gasteiger partial charge on any atom is 0.276 e. The first-order chi connectivity index (χ1) is 10.0. The van der Waals surface area contributed by atoms with Crippen LogP contribution in [-0.2, 0) is 4.79 Å². The van der Waals surface area contributed by atoms with Crippen LogP contribution in [0.15, 0.2) is 23.3 Å². The molecule has 0 aromatic heterocycles. The number of anilines is 1. The summed E-state index contributed by atoms with van der Waals surface area (Å²) in [6.07, 6.45) is 0. The number of nitrogens with zero attached hydrogens (tertiary/aromatic N) is 3. The first-order valence-electron chi connectivity index (χ1n) is 7.52. The minimum absolute atomic E-state index is 0.0927. The number of piperazine rings is 1. The fourth-order valence-electron chi connectivity index (χ4n) is 2.67. The van der Waals surface area contributed by atoms with Crippen molar-refractivity contribution in [3.8, 4) is 0 Å². The van der Waals surface area contributed by atoms with Gasteiger partial charge in [0, 0.05) is 31.7 Å². The standard InChI is InChI=1S/C16H22N4O/c1-11(2)12-4-5-14-13(10-12)15(16(21)17-14)18-20-8-6-19(3)7-9-20/h4-5,10-11H,6-9H2,1-3H3,(H,17,18,21). The van der Waals surface area contributed by atoms with E-state index in [1.807, 2.05) is 11.1 Å². The quantitative estimate of drug-likeness (QED) is 0.900. The molecular weight excluding hydrogens is 264 g/mol. The molecular formula is C16H22N4O. The van der Waals surface area contributed by atoms with E-state index in [2.05, 4.69) is 48.3 Å². The van der Waals surface area contributed by atoms with Gasteiger partial charge in [-0.1, -0.05) is 19.9 Å². The predicted molar refractivity (Wildman–Crippen MR) is 84.8 cm³/mol. The minimum atomic E-state index is -0.0927. The van der Waals surface area contributed by atoms with Crippen LogP contribution < -0.4 is 5.32 Å². The topological polar surface area (TPSA) is 47.9 Å². The van der Waals surface area contributed by atoms with Crippen molar-refractivity contribution in [2.75, 3.05) is 38.5 Å².